The van der Waals surface area contributed by atoms with Gasteiger partial charge in [0.15, 0.2) is 0 Å². The van der Waals surface area contributed by atoms with Crippen molar-refractivity contribution < 1.29 is 9.53 Å². The predicted molar refractivity (Wildman–Crippen MR) is 96.9 cm³/mol. The molecular weight excluding hydrogens is 338 g/mol. The normalized spacial score (nSPS) is 10.5. The number of carbonyl (C=O) groups excluding carboxylic acids is 1. The van der Waals surface area contributed by atoms with Crippen LogP contribution in [0.15, 0.2) is 60.9 Å². The average Bonchev–Trinajstić information content (AvgIpc) is 3.05. The van der Waals surface area contributed by atoms with E-state index in [1.807, 2.05) is 24.3 Å². The summed E-state index contributed by atoms with van der Waals surface area (Å²) in [4.78, 5) is 12.2. The second kappa shape index (κ2) is 7.85. The standard InChI is InChI=1S/C19H18ClN3O2/c1-25-18-8-6-16(7-9-18)19(24)21-10-14-2-4-15(5-3-14)12-23-13-17(20)11-22-23/h2-9,11,13H,10,12H2,1H3,(H,21,24). The van der Waals surface area contributed by atoms with Crippen LogP contribution in [0.4, 0.5) is 0 Å². The van der Waals surface area contributed by atoms with Crippen LogP contribution in [-0.2, 0) is 13.1 Å². The Morgan fingerprint density at radius 3 is 2.40 bits per heavy atom. The van der Waals surface area contributed by atoms with Crippen LogP contribution in [0, 0.1) is 0 Å². The fourth-order valence-electron chi connectivity index (χ4n) is 2.40. The molecule has 1 amide bonds. The van der Waals surface area contributed by atoms with Gasteiger partial charge in [0.25, 0.3) is 5.91 Å². The van der Waals surface area contributed by atoms with Gasteiger partial charge in [-0.15, -0.1) is 0 Å². The lowest BCUT2D eigenvalue weighted by atomic mass is 10.1. The van der Waals surface area contributed by atoms with Crippen molar-refractivity contribution in [2.24, 2.45) is 0 Å². The van der Waals surface area contributed by atoms with E-state index in [1.165, 1.54) is 0 Å². The molecule has 3 rings (SSSR count). The Labute approximate surface area is 151 Å². The first-order valence-corrected chi connectivity index (χ1v) is 8.20. The third kappa shape index (κ3) is 4.61. The van der Waals surface area contributed by atoms with Crippen molar-refractivity contribution in [2.45, 2.75) is 13.1 Å². The molecule has 0 saturated carbocycles. The fraction of sp³-hybridized carbons (Fsp3) is 0.158. The maximum atomic E-state index is 12.2. The van der Waals surface area contributed by atoms with Gasteiger partial charge in [0.05, 0.1) is 24.9 Å². The molecule has 0 aliphatic rings. The van der Waals surface area contributed by atoms with Crippen LogP contribution in [-0.4, -0.2) is 22.8 Å². The summed E-state index contributed by atoms with van der Waals surface area (Å²) in [5.74, 6) is 0.614. The summed E-state index contributed by atoms with van der Waals surface area (Å²) in [6.45, 7) is 1.13. The Morgan fingerprint density at radius 1 is 1.12 bits per heavy atom. The van der Waals surface area contributed by atoms with Crippen LogP contribution in [0.1, 0.15) is 21.5 Å². The molecule has 0 aliphatic heterocycles. The zero-order chi connectivity index (χ0) is 17.6. The topological polar surface area (TPSA) is 56.1 Å². The predicted octanol–water partition coefficient (Wildman–Crippen LogP) is 3.52. The highest BCUT2D eigenvalue weighted by Gasteiger charge is 2.05. The molecule has 0 unspecified atom stereocenters. The summed E-state index contributed by atoms with van der Waals surface area (Å²) >= 11 is 5.86. The van der Waals surface area contributed by atoms with Crippen LogP contribution in [0.5, 0.6) is 5.75 Å². The first-order valence-electron chi connectivity index (χ1n) is 7.82. The van der Waals surface area contributed by atoms with E-state index in [2.05, 4.69) is 10.4 Å². The number of ether oxygens (including phenoxy) is 1. The van der Waals surface area contributed by atoms with Crippen LogP contribution < -0.4 is 10.1 Å². The van der Waals surface area contributed by atoms with Crippen LogP contribution in [0.3, 0.4) is 0 Å². The van der Waals surface area contributed by atoms with Gasteiger partial charge < -0.3 is 10.1 Å². The molecule has 0 atom stereocenters. The average molecular weight is 356 g/mol. The first kappa shape index (κ1) is 17.0. The Morgan fingerprint density at radius 2 is 1.80 bits per heavy atom. The number of benzene rings is 2. The molecule has 0 saturated heterocycles. The van der Waals surface area contributed by atoms with Gasteiger partial charge >= 0.3 is 0 Å². The minimum Gasteiger partial charge on any atom is -0.497 e. The smallest absolute Gasteiger partial charge is 0.251 e. The van der Waals surface area contributed by atoms with E-state index < -0.39 is 0 Å². The van der Waals surface area contributed by atoms with Crippen LogP contribution in [0.25, 0.3) is 0 Å². The van der Waals surface area contributed by atoms with Gasteiger partial charge in [0.2, 0.25) is 0 Å². The second-order valence-corrected chi connectivity index (χ2v) is 6.02. The molecule has 1 aromatic heterocycles. The van der Waals surface area contributed by atoms with Gasteiger partial charge in [-0.2, -0.15) is 5.10 Å². The molecule has 0 radical (unpaired) electrons. The van der Waals surface area contributed by atoms with Gasteiger partial charge in [-0.3, -0.25) is 9.48 Å². The van der Waals surface area contributed by atoms with Gasteiger partial charge in [0.1, 0.15) is 5.75 Å². The number of aromatic nitrogens is 2. The molecule has 0 aliphatic carbocycles. The minimum absolute atomic E-state index is 0.113. The number of nitrogens with one attached hydrogen (secondary N) is 1. The molecular formula is C19H18ClN3O2. The summed E-state index contributed by atoms with van der Waals surface area (Å²) in [6, 6.07) is 15.0. The van der Waals surface area contributed by atoms with Crippen molar-refractivity contribution in [1.82, 2.24) is 15.1 Å². The van der Waals surface area contributed by atoms with E-state index in [0.29, 0.717) is 23.7 Å². The summed E-state index contributed by atoms with van der Waals surface area (Å²) in [5.41, 5.74) is 2.75. The van der Waals surface area contributed by atoms with E-state index in [-0.39, 0.29) is 5.91 Å². The summed E-state index contributed by atoms with van der Waals surface area (Å²) in [5, 5.41) is 7.69. The number of amides is 1. The first-order chi connectivity index (χ1) is 12.1. The van der Waals surface area contributed by atoms with Crippen molar-refractivity contribution in [3.8, 4) is 5.75 Å². The summed E-state index contributed by atoms with van der Waals surface area (Å²) < 4.78 is 6.87. The molecule has 0 spiro atoms. The van der Waals surface area contributed by atoms with E-state index in [4.69, 9.17) is 16.3 Å². The number of carbonyl (C=O) groups is 1. The third-order valence-corrected chi connectivity index (χ3v) is 3.97. The van der Waals surface area contributed by atoms with E-state index in [1.54, 1.807) is 48.5 Å². The van der Waals surface area contributed by atoms with E-state index >= 15 is 0 Å². The van der Waals surface area contributed by atoms with E-state index in [0.717, 1.165) is 16.9 Å². The molecule has 128 valence electrons. The van der Waals surface area contributed by atoms with Gasteiger partial charge in [0, 0.05) is 18.3 Å². The largest absolute Gasteiger partial charge is 0.497 e. The minimum atomic E-state index is -0.113. The SMILES string of the molecule is COc1ccc(C(=O)NCc2ccc(Cn3cc(Cl)cn3)cc2)cc1. The second-order valence-electron chi connectivity index (χ2n) is 5.58. The molecule has 0 fully saturated rings. The molecule has 6 heteroatoms. The maximum absolute atomic E-state index is 12.2. The highest BCUT2D eigenvalue weighted by Crippen LogP contribution is 2.12. The summed E-state index contributed by atoms with van der Waals surface area (Å²) in [6.07, 6.45) is 3.40. The number of rotatable bonds is 6. The number of hydrogen-bond donors (Lipinski definition) is 1. The Kier molecular flexibility index (Phi) is 5.36. The maximum Gasteiger partial charge on any atom is 0.251 e. The van der Waals surface area contributed by atoms with Crippen LogP contribution >= 0.6 is 11.6 Å². The molecule has 1 heterocycles. The number of hydrogen-bond acceptors (Lipinski definition) is 3. The Bertz CT molecular complexity index is 842. The monoisotopic (exact) mass is 355 g/mol. The number of halogens is 1. The van der Waals surface area contributed by atoms with Crippen LogP contribution in [0.2, 0.25) is 5.02 Å². The molecule has 1 N–H and O–H groups in total. The molecule has 3 aromatic rings. The molecule has 5 nitrogen and oxygen atoms in total. The highest BCUT2D eigenvalue weighted by atomic mass is 35.5. The van der Waals surface area contributed by atoms with Crippen molar-refractivity contribution in [1.29, 1.82) is 0 Å². The van der Waals surface area contributed by atoms with Gasteiger partial charge in [-0.25, -0.2) is 0 Å². The summed E-state index contributed by atoms with van der Waals surface area (Å²) in [7, 11) is 1.60. The highest BCUT2D eigenvalue weighted by molar-refractivity contribution is 6.30. The van der Waals surface area contributed by atoms with Gasteiger partial charge in [-0.05, 0) is 35.4 Å². The zero-order valence-corrected chi connectivity index (χ0v) is 14.5. The van der Waals surface area contributed by atoms with E-state index in [9.17, 15) is 4.79 Å². The Hall–Kier alpha value is -2.79. The lowest BCUT2D eigenvalue weighted by molar-refractivity contribution is 0.0951. The molecule has 2 aromatic carbocycles. The third-order valence-electron chi connectivity index (χ3n) is 3.77. The Balaban J connectivity index is 1.55. The van der Waals surface area contributed by atoms with Crippen molar-refractivity contribution in [3.05, 3.63) is 82.6 Å². The van der Waals surface area contributed by atoms with Gasteiger partial charge in [-0.1, -0.05) is 35.9 Å². The molecule has 0 bridgehead atoms. The fourth-order valence-corrected chi connectivity index (χ4v) is 2.56. The van der Waals surface area contributed by atoms with Crippen molar-refractivity contribution in [2.75, 3.05) is 7.11 Å². The van der Waals surface area contributed by atoms with Crippen molar-refractivity contribution in [3.63, 3.8) is 0 Å². The lowest BCUT2D eigenvalue weighted by Gasteiger charge is -2.07. The number of nitrogens with zero attached hydrogens (tertiary/aromatic N) is 2. The number of methoxy groups -OCH3 is 1. The van der Waals surface area contributed by atoms with Crippen molar-refractivity contribution >= 4 is 17.5 Å². The molecule has 25 heavy (non-hydrogen) atoms. The quantitative estimate of drug-likeness (QED) is 0.736. The zero-order valence-electron chi connectivity index (χ0n) is 13.8. The lowest BCUT2D eigenvalue weighted by Crippen LogP contribution is -2.22.